The van der Waals surface area contributed by atoms with E-state index in [9.17, 15) is 0 Å². The van der Waals surface area contributed by atoms with Crippen molar-refractivity contribution in [2.24, 2.45) is 0 Å². The summed E-state index contributed by atoms with van der Waals surface area (Å²) in [6.45, 7) is 1.80. The first-order valence-corrected chi connectivity index (χ1v) is 10.5. The van der Waals surface area contributed by atoms with Gasteiger partial charge in [0.25, 0.3) is 0 Å². The number of benzene rings is 2. The Labute approximate surface area is 171 Å². The van der Waals surface area contributed by atoms with E-state index in [0.717, 1.165) is 49.2 Å². The maximum atomic E-state index is 4.84. The summed E-state index contributed by atoms with van der Waals surface area (Å²) in [5.74, 6) is 1.03. The molecule has 4 nitrogen and oxygen atoms in total. The molecule has 146 valence electrons. The van der Waals surface area contributed by atoms with E-state index in [-0.39, 0.29) is 0 Å². The molecule has 0 fully saturated rings. The number of fused-ring (bicyclic) bond motifs is 2. The van der Waals surface area contributed by atoms with Crippen LogP contribution in [0.4, 0.5) is 0 Å². The molecule has 1 aliphatic carbocycles. The minimum Gasteiger partial charge on any atom is -0.341 e. The Hall–Kier alpha value is -2.98. The number of hydrogen-bond donors (Lipinski definition) is 1. The second kappa shape index (κ2) is 8.18. The fourth-order valence-corrected chi connectivity index (χ4v) is 4.48. The van der Waals surface area contributed by atoms with Crippen molar-refractivity contribution in [3.8, 4) is 0 Å². The van der Waals surface area contributed by atoms with Crippen molar-refractivity contribution in [2.75, 3.05) is 6.54 Å². The highest BCUT2D eigenvalue weighted by molar-refractivity contribution is 5.74. The number of pyridine rings is 1. The van der Waals surface area contributed by atoms with Crippen LogP contribution >= 0.6 is 0 Å². The molecular formula is C25H26N4. The van der Waals surface area contributed by atoms with Gasteiger partial charge in [0.2, 0.25) is 0 Å². The van der Waals surface area contributed by atoms with Gasteiger partial charge in [0.05, 0.1) is 29.3 Å². The Morgan fingerprint density at radius 3 is 2.72 bits per heavy atom. The van der Waals surface area contributed by atoms with E-state index in [1.807, 2.05) is 12.3 Å². The normalized spacial score (nSPS) is 16.2. The number of aromatic amines is 1. The lowest BCUT2D eigenvalue weighted by Crippen LogP contribution is -2.33. The summed E-state index contributed by atoms with van der Waals surface area (Å²) >= 11 is 0. The zero-order valence-corrected chi connectivity index (χ0v) is 16.6. The molecule has 5 rings (SSSR count). The maximum absolute atomic E-state index is 4.84. The number of aromatic nitrogens is 3. The van der Waals surface area contributed by atoms with Crippen LogP contribution in [0.25, 0.3) is 11.0 Å². The molecule has 0 saturated carbocycles. The second-order valence-corrected chi connectivity index (χ2v) is 7.86. The van der Waals surface area contributed by atoms with Gasteiger partial charge in [0.15, 0.2) is 0 Å². The average molecular weight is 383 g/mol. The molecule has 1 aliphatic rings. The molecule has 1 N–H and O–H groups in total. The van der Waals surface area contributed by atoms with E-state index in [4.69, 9.17) is 9.97 Å². The van der Waals surface area contributed by atoms with E-state index >= 15 is 0 Å². The van der Waals surface area contributed by atoms with Crippen LogP contribution in [-0.2, 0) is 19.4 Å². The summed E-state index contributed by atoms with van der Waals surface area (Å²) in [5, 5.41) is 0. The highest BCUT2D eigenvalue weighted by atomic mass is 15.2. The van der Waals surface area contributed by atoms with E-state index in [1.165, 1.54) is 23.2 Å². The molecule has 0 aliphatic heterocycles. The molecule has 2 aromatic carbocycles. The van der Waals surface area contributed by atoms with Crippen molar-refractivity contribution in [1.29, 1.82) is 0 Å². The molecule has 0 bridgehead atoms. The lowest BCUT2D eigenvalue weighted by molar-refractivity contribution is 0.164. The summed E-state index contributed by atoms with van der Waals surface area (Å²) in [6, 6.07) is 23.7. The number of nitrogens with zero attached hydrogens (tertiary/aromatic N) is 3. The van der Waals surface area contributed by atoms with Gasteiger partial charge in [-0.25, -0.2) is 4.98 Å². The van der Waals surface area contributed by atoms with Crippen molar-refractivity contribution in [3.63, 3.8) is 0 Å². The van der Waals surface area contributed by atoms with Gasteiger partial charge in [0.1, 0.15) is 5.82 Å². The van der Waals surface area contributed by atoms with Gasteiger partial charge in [-0.15, -0.1) is 0 Å². The molecule has 2 aromatic heterocycles. The molecule has 1 atom stereocenters. The fraction of sp³-hybridized carbons (Fsp3) is 0.280. The van der Waals surface area contributed by atoms with Gasteiger partial charge in [-0.2, -0.15) is 0 Å². The van der Waals surface area contributed by atoms with Gasteiger partial charge < -0.3 is 4.98 Å². The van der Waals surface area contributed by atoms with E-state index in [0.29, 0.717) is 6.04 Å². The summed E-state index contributed by atoms with van der Waals surface area (Å²) in [6.07, 6.45) is 6.47. The van der Waals surface area contributed by atoms with Gasteiger partial charge in [0, 0.05) is 12.7 Å². The molecule has 0 radical (unpaired) electrons. The summed E-state index contributed by atoms with van der Waals surface area (Å²) in [7, 11) is 0. The highest BCUT2D eigenvalue weighted by Gasteiger charge is 2.27. The van der Waals surface area contributed by atoms with Crippen LogP contribution in [0.2, 0.25) is 0 Å². The summed E-state index contributed by atoms with van der Waals surface area (Å²) in [5.41, 5.74) is 6.17. The predicted molar refractivity (Wildman–Crippen MR) is 117 cm³/mol. The Morgan fingerprint density at radius 1 is 0.966 bits per heavy atom. The van der Waals surface area contributed by atoms with E-state index in [2.05, 4.69) is 70.5 Å². The van der Waals surface area contributed by atoms with Gasteiger partial charge in [-0.05, 0) is 55.0 Å². The summed E-state index contributed by atoms with van der Waals surface area (Å²) in [4.78, 5) is 15.7. The highest BCUT2D eigenvalue weighted by Crippen LogP contribution is 2.33. The maximum Gasteiger partial charge on any atom is 0.121 e. The van der Waals surface area contributed by atoms with Crippen LogP contribution in [0, 0.1) is 0 Å². The number of rotatable bonds is 6. The molecule has 0 saturated heterocycles. The lowest BCUT2D eigenvalue weighted by Gasteiger charge is -2.34. The Kier molecular flexibility index (Phi) is 5.10. The molecule has 0 amide bonds. The van der Waals surface area contributed by atoms with Crippen molar-refractivity contribution in [3.05, 3.63) is 95.6 Å². The van der Waals surface area contributed by atoms with Gasteiger partial charge in [-0.3, -0.25) is 9.88 Å². The molecule has 2 heterocycles. The Balaban J connectivity index is 1.44. The topological polar surface area (TPSA) is 44.8 Å². The average Bonchev–Trinajstić information content (AvgIpc) is 3.19. The molecule has 4 heteroatoms. The minimum atomic E-state index is 0.344. The van der Waals surface area contributed by atoms with E-state index in [1.54, 1.807) is 0 Å². The SMILES string of the molecule is c1ccc(CCN(Cc2nc3ccccc3[nH]2)C2CCCc3cccnc32)cc1. The Morgan fingerprint density at radius 2 is 1.83 bits per heavy atom. The predicted octanol–water partition coefficient (Wildman–Crippen LogP) is 5.08. The van der Waals surface area contributed by atoms with Gasteiger partial charge >= 0.3 is 0 Å². The number of imidazole rings is 1. The van der Waals surface area contributed by atoms with Crippen LogP contribution in [0.1, 0.15) is 41.5 Å². The van der Waals surface area contributed by atoms with Crippen LogP contribution in [0.5, 0.6) is 0 Å². The van der Waals surface area contributed by atoms with Crippen molar-refractivity contribution in [1.82, 2.24) is 19.9 Å². The standard InChI is InChI=1S/C25H26N4/c1-2-8-19(9-3-1)15-17-29(18-24-27-21-12-4-5-13-22(21)28-24)23-14-6-10-20-11-7-16-26-25(20)23/h1-5,7-9,11-13,16,23H,6,10,14-15,17-18H2,(H,27,28). The Bertz CT molecular complexity index is 1050. The van der Waals surface area contributed by atoms with Crippen LogP contribution < -0.4 is 0 Å². The monoisotopic (exact) mass is 382 g/mol. The third kappa shape index (κ3) is 3.94. The molecule has 1 unspecified atom stereocenters. The van der Waals surface area contributed by atoms with Crippen LogP contribution in [-0.4, -0.2) is 26.4 Å². The first-order valence-electron chi connectivity index (χ1n) is 10.5. The largest absolute Gasteiger partial charge is 0.341 e. The van der Waals surface area contributed by atoms with Crippen molar-refractivity contribution >= 4 is 11.0 Å². The fourth-order valence-electron chi connectivity index (χ4n) is 4.48. The smallest absolute Gasteiger partial charge is 0.121 e. The second-order valence-electron chi connectivity index (χ2n) is 7.86. The van der Waals surface area contributed by atoms with Gasteiger partial charge in [-0.1, -0.05) is 48.5 Å². The third-order valence-electron chi connectivity index (χ3n) is 5.93. The zero-order chi connectivity index (χ0) is 19.5. The van der Waals surface area contributed by atoms with Crippen LogP contribution in [0.3, 0.4) is 0 Å². The lowest BCUT2D eigenvalue weighted by atomic mass is 9.90. The quantitative estimate of drug-likeness (QED) is 0.506. The van der Waals surface area contributed by atoms with Crippen LogP contribution in [0.15, 0.2) is 72.9 Å². The third-order valence-corrected chi connectivity index (χ3v) is 5.93. The number of hydrogen-bond acceptors (Lipinski definition) is 3. The number of aryl methyl sites for hydroxylation is 1. The van der Waals surface area contributed by atoms with E-state index < -0.39 is 0 Å². The molecule has 4 aromatic rings. The van der Waals surface area contributed by atoms with Crippen molar-refractivity contribution in [2.45, 2.75) is 38.3 Å². The first-order chi connectivity index (χ1) is 14.4. The van der Waals surface area contributed by atoms with Crippen molar-refractivity contribution < 1.29 is 0 Å². The first kappa shape index (κ1) is 18.1. The molecule has 29 heavy (non-hydrogen) atoms. The number of nitrogens with one attached hydrogen (secondary N) is 1. The summed E-state index contributed by atoms with van der Waals surface area (Å²) < 4.78 is 0. The molecular weight excluding hydrogens is 356 g/mol. The number of H-pyrrole nitrogens is 1. The zero-order valence-electron chi connectivity index (χ0n) is 16.6. The minimum absolute atomic E-state index is 0.344. The molecule has 0 spiro atoms. The number of para-hydroxylation sites is 2.